The number of aryl methyl sites for hydroxylation is 1. The summed E-state index contributed by atoms with van der Waals surface area (Å²) in [7, 11) is 2.03. The Labute approximate surface area is 94.5 Å². The second-order valence-corrected chi connectivity index (χ2v) is 4.55. The average molecular weight is 216 g/mol. The lowest BCUT2D eigenvalue weighted by Gasteiger charge is -2.25. The molecule has 2 N–H and O–H groups in total. The molecule has 2 aromatic rings. The summed E-state index contributed by atoms with van der Waals surface area (Å²) in [6, 6.07) is 2.00. The van der Waals surface area contributed by atoms with Crippen molar-refractivity contribution in [3.8, 4) is 0 Å². The standard InChI is InChI=1S/C12H16N4/c1-16-7-14-10-5-9(6-13)15-11(12(10)16)8-3-2-4-8/h5,7-8H,2-4,6,13H2,1H3. The molecule has 0 unspecified atom stereocenters. The van der Waals surface area contributed by atoms with Crippen LogP contribution < -0.4 is 5.73 Å². The number of rotatable bonds is 2. The van der Waals surface area contributed by atoms with E-state index in [1.165, 1.54) is 30.5 Å². The van der Waals surface area contributed by atoms with E-state index >= 15 is 0 Å². The van der Waals surface area contributed by atoms with E-state index in [0.29, 0.717) is 12.5 Å². The zero-order chi connectivity index (χ0) is 11.1. The predicted molar refractivity (Wildman–Crippen MR) is 63.0 cm³/mol. The van der Waals surface area contributed by atoms with Crippen LogP contribution in [0.15, 0.2) is 12.4 Å². The van der Waals surface area contributed by atoms with Gasteiger partial charge in [0.05, 0.1) is 28.7 Å². The highest BCUT2D eigenvalue weighted by molar-refractivity contribution is 5.78. The number of nitrogens with two attached hydrogens (primary N) is 1. The van der Waals surface area contributed by atoms with Crippen LogP contribution in [-0.4, -0.2) is 14.5 Å². The quantitative estimate of drug-likeness (QED) is 0.831. The molecule has 1 aliphatic carbocycles. The van der Waals surface area contributed by atoms with Gasteiger partial charge in [0.15, 0.2) is 0 Å². The maximum Gasteiger partial charge on any atom is 0.0956 e. The summed E-state index contributed by atoms with van der Waals surface area (Å²) in [6.45, 7) is 0.492. The van der Waals surface area contributed by atoms with Crippen LogP contribution in [0.4, 0.5) is 0 Å². The van der Waals surface area contributed by atoms with Crippen LogP contribution in [0.1, 0.15) is 36.6 Å². The fourth-order valence-electron chi connectivity index (χ4n) is 2.33. The molecule has 4 nitrogen and oxygen atoms in total. The van der Waals surface area contributed by atoms with Crippen LogP contribution in [0.25, 0.3) is 11.0 Å². The second kappa shape index (κ2) is 3.56. The van der Waals surface area contributed by atoms with Gasteiger partial charge in [-0.1, -0.05) is 6.42 Å². The van der Waals surface area contributed by atoms with Crippen molar-refractivity contribution in [3.63, 3.8) is 0 Å². The van der Waals surface area contributed by atoms with Crippen LogP contribution in [-0.2, 0) is 13.6 Å². The summed E-state index contributed by atoms with van der Waals surface area (Å²) in [5.74, 6) is 0.615. The van der Waals surface area contributed by atoms with E-state index in [2.05, 4.69) is 14.5 Å². The first-order chi connectivity index (χ1) is 7.79. The first-order valence-electron chi connectivity index (χ1n) is 5.80. The molecule has 0 atom stereocenters. The summed E-state index contributed by atoms with van der Waals surface area (Å²) in [5, 5.41) is 0. The lowest BCUT2D eigenvalue weighted by atomic mass is 9.82. The van der Waals surface area contributed by atoms with Crippen LogP contribution >= 0.6 is 0 Å². The van der Waals surface area contributed by atoms with E-state index in [4.69, 9.17) is 5.73 Å². The first kappa shape index (κ1) is 9.78. The molecule has 2 aromatic heterocycles. The number of aromatic nitrogens is 3. The zero-order valence-corrected chi connectivity index (χ0v) is 9.48. The van der Waals surface area contributed by atoms with Crippen LogP contribution in [0.5, 0.6) is 0 Å². The number of imidazole rings is 1. The molecular weight excluding hydrogens is 200 g/mol. The van der Waals surface area contributed by atoms with E-state index in [1.807, 2.05) is 19.4 Å². The van der Waals surface area contributed by atoms with E-state index in [9.17, 15) is 0 Å². The molecule has 3 rings (SSSR count). The molecule has 0 aliphatic heterocycles. The summed E-state index contributed by atoms with van der Waals surface area (Å²) in [4.78, 5) is 9.08. The van der Waals surface area contributed by atoms with Crippen molar-refractivity contribution in [2.45, 2.75) is 31.7 Å². The predicted octanol–water partition coefficient (Wildman–Crippen LogP) is 1.69. The summed E-state index contributed by atoms with van der Waals surface area (Å²) >= 11 is 0. The Kier molecular flexibility index (Phi) is 2.17. The topological polar surface area (TPSA) is 56.7 Å². The van der Waals surface area contributed by atoms with Crippen molar-refractivity contribution in [2.24, 2.45) is 12.8 Å². The molecule has 1 saturated carbocycles. The number of fused-ring (bicyclic) bond motifs is 1. The minimum absolute atomic E-state index is 0.492. The van der Waals surface area contributed by atoms with Gasteiger partial charge in [-0.25, -0.2) is 4.98 Å². The Morgan fingerprint density at radius 2 is 2.31 bits per heavy atom. The van der Waals surface area contributed by atoms with Crippen LogP contribution in [0.3, 0.4) is 0 Å². The maximum atomic E-state index is 5.68. The lowest BCUT2D eigenvalue weighted by Crippen LogP contribution is -2.14. The molecule has 0 spiro atoms. The number of hydrogen-bond donors (Lipinski definition) is 1. The van der Waals surface area contributed by atoms with Gasteiger partial charge in [-0.15, -0.1) is 0 Å². The van der Waals surface area contributed by atoms with Gasteiger partial charge < -0.3 is 10.3 Å². The van der Waals surface area contributed by atoms with E-state index in [0.717, 1.165) is 11.2 Å². The maximum absolute atomic E-state index is 5.68. The Hall–Kier alpha value is -1.42. The second-order valence-electron chi connectivity index (χ2n) is 4.55. The number of pyridine rings is 1. The molecule has 0 saturated heterocycles. The van der Waals surface area contributed by atoms with E-state index in [1.54, 1.807) is 0 Å². The smallest absolute Gasteiger partial charge is 0.0956 e. The number of hydrogen-bond acceptors (Lipinski definition) is 3. The van der Waals surface area contributed by atoms with Crippen molar-refractivity contribution in [1.82, 2.24) is 14.5 Å². The molecule has 0 bridgehead atoms. The van der Waals surface area contributed by atoms with Crippen molar-refractivity contribution in [2.75, 3.05) is 0 Å². The third kappa shape index (κ3) is 1.33. The number of nitrogens with zero attached hydrogens (tertiary/aromatic N) is 3. The molecule has 0 aromatic carbocycles. The largest absolute Gasteiger partial charge is 0.332 e. The normalized spacial score (nSPS) is 16.6. The molecule has 4 heteroatoms. The third-order valence-corrected chi connectivity index (χ3v) is 3.48. The molecule has 1 aliphatic rings. The van der Waals surface area contributed by atoms with Crippen molar-refractivity contribution >= 4 is 11.0 Å². The SMILES string of the molecule is Cn1cnc2cc(CN)nc(C3CCC3)c21. The van der Waals surface area contributed by atoms with Crippen molar-refractivity contribution < 1.29 is 0 Å². The summed E-state index contributed by atoms with van der Waals surface area (Å²) in [5.41, 5.74) is 10.0. The molecular formula is C12H16N4. The van der Waals surface area contributed by atoms with Crippen LogP contribution in [0, 0.1) is 0 Å². The fraction of sp³-hybridized carbons (Fsp3) is 0.500. The minimum Gasteiger partial charge on any atom is -0.332 e. The molecule has 0 radical (unpaired) electrons. The zero-order valence-electron chi connectivity index (χ0n) is 9.48. The molecule has 0 amide bonds. The molecule has 16 heavy (non-hydrogen) atoms. The third-order valence-electron chi connectivity index (χ3n) is 3.48. The molecule has 2 heterocycles. The highest BCUT2D eigenvalue weighted by atomic mass is 15.0. The molecule has 1 fully saturated rings. The Morgan fingerprint density at radius 3 is 2.94 bits per heavy atom. The van der Waals surface area contributed by atoms with Gasteiger partial charge in [-0.05, 0) is 18.9 Å². The highest BCUT2D eigenvalue weighted by Gasteiger charge is 2.24. The summed E-state index contributed by atoms with van der Waals surface area (Å²) in [6.07, 6.45) is 5.68. The van der Waals surface area contributed by atoms with Crippen molar-refractivity contribution in [3.05, 3.63) is 23.8 Å². The van der Waals surface area contributed by atoms with Gasteiger partial charge in [0, 0.05) is 19.5 Å². The van der Waals surface area contributed by atoms with Gasteiger partial charge in [0.25, 0.3) is 0 Å². The van der Waals surface area contributed by atoms with Gasteiger partial charge >= 0.3 is 0 Å². The van der Waals surface area contributed by atoms with Gasteiger partial charge in [0.1, 0.15) is 0 Å². The Balaban J connectivity index is 2.24. The van der Waals surface area contributed by atoms with Gasteiger partial charge in [-0.2, -0.15) is 0 Å². The Bertz CT molecular complexity index is 525. The summed E-state index contributed by atoms with van der Waals surface area (Å²) < 4.78 is 2.07. The highest BCUT2D eigenvalue weighted by Crippen LogP contribution is 2.38. The minimum atomic E-state index is 0.492. The molecule has 84 valence electrons. The van der Waals surface area contributed by atoms with E-state index < -0.39 is 0 Å². The Morgan fingerprint density at radius 1 is 1.50 bits per heavy atom. The van der Waals surface area contributed by atoms with Crippen molar-refractivity contribution in [1.29, 1.82) is 0 Å². The van der Waals surface area contributed by atoms with E-state index in [-0.39, 0.29) is 0 Å². The van der Waals surface area contributed by atoms with Gasteiger partial charge in [0.2, 0.25) is 0 Å². The average Bonchev–Trinajstić information content (AvgIpc) is 2.58. The fourth-order valence-corrected chi connectivity index (χ4v) is 2.33. The lowest BCUT2D eigenvalue weighted by molar-refractivity contribution is 0.412. The first-order valence-corrected chi connectivity index (χ1v) is 5.80. The van der Waals surface area contributed by atoms with Crippen LogP contribution in [0.2, 0.25) is 0 Å². The van der Waals surface area contributed by atoms with Gasteiger partial charge in [-0.3, -0.25) is 4.98 Å². The monoisotopic (exact) mass is 216 g/mol.